The third-order valence-corrected chi connectivity index (χ3v) is 3.11. The van der Waals surface area contributed by atoms with Crippen LogP contribution < -0.4 is 11.1 Å². The number of nitrogens with one attached hydrogen (secondary N) is 1. The fraction of sp³-hybridized carbons (Fsp3) is 0. The molecule has 0 bridgehead atoms. The standard InChI is InChI=1S/C13H10BrFN2O2/c14-9-3-2-8(6-10(9)15)17-13(19)7-1-4-11(16)12(18)5-7/h1-6,18H,16H2,(H,17,19). The Morgan fingerprint density at radius 2 is 2.00 bits per heavy atom. The molecule has 19 heavy (non-hydrogen) atoms. The molecule has 0 unspecified atom stereocenters. The van der Waals surface area contributed by atoms with Crippen LogP contribution in [0.25, 0.3) is 0 Å². The molecular formula is C13H10BrFN2O2. The number of hydrogen-bond donors (Lipinski definition) is 3. The number of carbonyl (C=O) groups is 1. The van der Waals surface area contributed by atoms with Crippen molar-refractivity contribution in [3.05, 3.63) is 52.3 Å². The maximum atomic E-state index is 13.3. The van der Waals surface area contributed by atoms with Gasteiger partial charge >= 0.3 is 0 Å². The van der Waals surface area contributed by atoms with E-state index in [9.17, 15) is 14.3 Å². The zero-order valence-corrected chi connectivity index (χ0v) is 11.2. The lowest BCUT2D eigenvalue weighted by molar-refractivity contribution is 0.102. The van der Waals surface area contributed by atoms with Crippen LogP contribution in [0.1, 0.15) is 10.4 Å². The summed E-state index contributed by atoms with van der Waals surface area (Å²) in [4.78, 5) is 11.9. The van der Waals surface area contributed by atoms with Crippen molar-refractivity contribution >= 4 is 33.2 Å². The van der Waals surface area contributed by atoms with E-state index < -0.39 is 11.7 Å². The molecule has 6 heteroatoms. The van der Waals surface area contributed by atoms with Crippen molar-refractivity contribution < 1.29 is 14.3 Å². The number of halogens is 2. The van der Waals surface area contributed by atoms with Crippen molar-refractivity contribution in [2.45, 2.75) is 0 Å². The number of nitrogen functional groups attached to an aromatic ring is 1. The molecular weight excluding hydrogens is 315 g/mol. The third kappa shape index (κ3) is 3.03. The first-order chi connectivity index (χ1) is 8.97. The fourth-order valence-electron chi connectivity index (χ4n) is 1.46. The summed E-state index contributed by atoms with van der Waals surface area (Å²) in [5, 5.41) is 11.9. The van der Waals surface area contributed by atoms with Crippen molar-refractivity contribution in [2.24, 2.45) is 0 Å². The van der Waals surface area contributed by atoms with Gasteiger partial charge in [0.2, 0.25) is 0 Å². The molecule has 0 fully saturated rings. The second-order valence-electron chi connectivity index (χ2n) is 3.86. The summed E-state index contributed by atoms with van der Waals surface area (Å²) in [6.45, 7) is 0. The summed E-state index contributed by atoms with van der Waals surface area (Å²) in [5.41, 5.74) is 6.18. The van der Waals surface area contributed by atoms with E-state index in [0.29, 0.717) is 10.2 Å². The van der Waals surface area contributed by atoms with E-state index in [2.05, 4.69) is 21.2 Å². The van der Waals surface area contributed by atoms with E-state index in [-0.39, 0.29) is 17.0 Å². The Morgan fingerprint density at radius 3 is 2.63 bits per heavy atom. The summed E-state index contributed by atoms with van der Waals surface area (Å²) >= 11 is 3.02. The Morgan fingerprint density at radius 1 is 1.26 bits per heavy atom. The Hall–Kier alpha value is -2.08. The third-order valence-electron chi connectivity index (χ3n) is 2.47. The number of rotatable bonds is 2. The molecule has 0 aromatic heterocycles. The minimum absolute atomic E-state index is 0.172. The monoisotopic (exact) mass is 324 g/mol. The number of nitrogens with two attached hydrogens (primary N) is 1. The molecule has 2 aromatic carbocycles. The second kappa shape index (κ2) is 5.27. The van der Waals surface area contributed by atoms with Crippen LogP contribution in [-0.2, 0) is 0 Å². The van der Waals surface area contributed by atoms with Gasteiger partial charge in [0.05, 0.1) is 10.2 Å². The van der Waals surface area contributed by atoms with Gasteiger partial charge < -0.3 is 16.2 Å². The fourth-order valence-corrected chi connectivity index (χ4v) is 1.71. The molecule has 0 saturated carbocycles. The first kappa shape index (κ1) is 13.4. The van der Waals surface area contributed by atoms with Crippen molar-refractivity contribution in [3.63, 3.8) is 0 Å². The first-order valence-corrected chi connectivity index (χ1v) is 6.11. The molecule has 4 N–H and O–H groups in total. The van der Waals surface area contributed by atoms with Gasteiger partial charge in [0.1, 0.15) is 11.6 Å². The van der Waals surface area contributed by atoms with Gasteiger partial charge in [-0.2, -0.15) is 0 Å². The van der Waals surface area contributed by atoms with Crippen LogP contribution in [-0.4, -0.2) is 11.0 Å². The maximum Gasteiger partial charge on any atom is 0.255 e. The number of anilines is 2. The quantitative estimate of drug-likeness (QED) is 0.586. The molecule has 0 spiro atoms. The van der Waals surface area contributed by atoms with Gasteiger partial charge in [0, 0.05) is 11.3 Å². The molecule has 1 amide bonds. The predicted octanol–water partition coefficient (Wildman–Crippen LogP) is 3.13. The van der Waals surface area contributed by atoms with Crippen LogP contribution in [0.4, 0.5) is 15.8 Å². The Kier molecular flexibility index (Phi) is 3.71. The van der Waals surface area contributed by atoms with E-state index in [1.54, 1.807) is 6.07 Å². The Balaban J connectivity index is 2.20. The highest BCUT2D eigenvalue weighted by molar-refractivity contribution is 9.10. The van der Waals surface area contributed by atoms with Gasteiger partial charge in [-0.05, 0) is 52.3 Å². The largest absolute Gasteiger partial charge is 0.506 e. The molecule has 0 aliphatic rings. The van der Waals surface area contributed by atoms with Gasteiger partial charge in [0.25, 0.3) is 5.91 Å². The predicted molar refractivity (Wildman–Crippen MR) is 74.6 cm³/mol. The summed E-state index contributed by atoms with van der Waals surface area (Å²) in [7, 11) is 0. The molecule has 2 rings (SSSR count). The van der Waals surface area contributed by atoms with E-state index >= 15 is 0 Å². The number of aromatic hydroxyl groups is 1. The lowest BCUT2D eigenvalue weighted by atomic mass is 10.1. The van der Waals surface area contributed by atoms with Crippen LogP contribution in [0.2, 0.25) is 0 Å². The van der Waals surface area contributed by atoms with Crippen molar-refractivity contribution in [1.82, 2.24) is 0 Å². The minimum Gasteiger partial charge on any atom is -0.506 e. The molecule has 0 saturated heterocycles. The zero-order chi connectivity index (χ0) is 14.0. The van der Waals surface area contributed by atoms with Crippen molar-refractivity contribution in [2.75, 3.05) is 11.1 Å². The smallest absolute Gasteiger partial charge is 0.255 e. The molecule has 98 valence electrons. The molecule has 0 atom stereocenters. The second-order valence-corrected chi connectivity index (χ2v) is 4.71. The molecule has 0 aliphatic heterocycles. The molecule has 4 nitrogen and oxygen atoms in total. The Labute approximate surface area is 117 Å². The van der Waals surface area contributed by atoms with Gasteiger partial charge in [-0.1, -0.05) is 0 Å². The summed E-state index contributed by atoms with van der Waals surface area (Å²) in [5.74, 6) is -1.11. The topological polar surface area (TPSA) is 75.4 Å². The van der Waals surface area contributed by atoms with E-state index in [1.165, 1.54) is 30.3 Å². The molecule has 0 aliphatic carbocycles. The van der Waals surface area contributed by atoms with Gasteiger partial charge in [-0.3, -0.25) is 4.79 Å². The van der Waals surface area contributed by atoms with Gasteiger partial charge in [0.15, 0.2) is 0 Å². The zero-order valence-electron chi connectivity index (χ0n) is 9.65. The highest BCUT2D eigenvalue weighted by Crippen LogP contribution is 2.23. The van der Waals surface area contributed by atoms with Crippen LogP contribution in [0.15, 0.2) is 40.9 Å². The van der Waals surface area contributed by atoms with Gasteiger partial charge in [-0.15, -0.1) is 0 Å². The number of phenols is 1. The number of amides is 1. The summed E-state index contributed by atoms with van der Waals surface area (Å²) in [6, 6.07) is 8.39. The van der Waals surface area contributed by atoms with Crippen LogP contribution >= 0.6 is 15.9 Å². The number of carbonyl (C=O) groups excluding carboxylic acids is 1. The van der Waals surface area contributed by atoms with Crippen LogP contribution in [0, 0.1) is 5.82 Å². The average Bonchev–Trinajstić information content (AvgIpc) is 2.37. The SMILES string of the molecule is Nc1ccc(C(=O)Nc2ccc(Br)c(F)c2)cc1O. The minimum atomic E-state index is -0.474. The average molecular weight is 325 g/mol. The van der Waals surface area contributed by atoms with Crippen LogP contribution in [0.3, 0.4) is 0 Å². The Bertz CT molecular complexity index is 647. The van der Waals surface area contributed by atoms with Crippen molar-refractivity contribution in [3.8, 4) is 5.75 Å². The molecule has 2 aromatic rings. The number of hydrogen-bond acceptors (Lipinski definition) is 3. The lowest BCUT2D eigenvalue weighted by Crippen LogP contribution is -2.12. The number of benzene rings is 2. The maximum absolute atomic E-state index is 13.3. The van der Waals surface area contributed by atoms with E-state index in [0.717, 1.165) is 0 Å². The summed E-state index contributed by atoms with van der Waals surface area (Å²) in [6.07, 6.45) is 0. The van der Waals surface area contributed by atoms with E-state index in [1.807, 2.05) is 0 Å². The summed E-state index contributed by atoms with van der Waals surface area (Å²) < 4.78 is 13.6. The lowest BCUT2D eigenvalue weighted by Gasteiger charge is -2.07. The molecule has 0 heterocycles. The van der Waals surface area contributed by atoms with E-state index in [4.69, 9.17) is 5.73 Å². The van der Waals surface area contributed by atoms with Crippen LogP contribution in [0.5, 0.6) is 5.75 Å². The molecule has 0 radical (unpaired) electrons. The van der Waals surface area contributed by atoms with Crippen molar-refractivity contribution in [1.29, 1.82) is 0 Å². The van der Waals surface area contributed by atoms with Gasteiger partial charge in [-0.25, -0.2) is 4.39 Å². The first-order valence-electron chi connectivity index (χ1n) is 5.32. The number of phenolic OH excluding ortho intramolecular Hbond substituents is 1. The highest BCUT2D eigenvalue weighted by Gasteiger charge is 2.09. The highest BCUT2D eigenvalue weighted by atomic mass is 79.9. The normalized spacial score (nSPS) is 10.2.